The summed E-state index contributed by atoms with van der Waals surface area (Å²) in [5, 5.41) is 7.03. The van der Waals surface area contributed by atoms with Crippen molar-refractivity contribution in [2.45, 2.75) is 33.6 Å². The summed E-state index contributed by atoms with van der Waals surface area (Å²) in [5.41, 5.74) is 0.834. The minimum Gasteiger partial charge on any atom is -0.391 e. The Morgan fingerprint density at radius 3 is 2.25 bits per heavy atom. The van der Waals surface area contributed by atoms with Crippen LogP contribution in [-0.4, -0.2) is 21.7 Å². The Labute approximate surface area is 117 Å². The van der Waals surface area contributed by atoms with Crippen LogP contribution < -0.4 is 5.32 Å². The zero-order valence-electron chi connectivity index (χ0n) is 12.1. The highest BCUT2D eigenvalue weighted by molar-refractivity contribution is 5.72. The summed E-state index contributed by atoms with van der Waals surface area (Å²) in [7, 11) is 1.76. The minimum atomic E-state index is -0.483. The highest BCUT2D eigenvalue weighted by Crippen LogP contribution is 2.10. The molecule has 0 aliphatic heterocycles. The number of hydrogen-bond donors (Lipinski definition) is 1. The third-order valence-electron chi connectivity index (χ3n) is 2.35. The van der Waals surface area contributed by atoms with E-state index in [4.69, 9.17) is 9.47 Å². The maximum Gasteiger partial charge on any atom is 0.313 e. The van der Waals surface area contributed by atoms with E-state index in [1.807, 2.05) is 6.92 Å². The SMILES string of the molecule is CCC(=O)OC(=CNc1cc(C)nn1C)OC(=O)CC. The number of esters is 2. The molecule has 1 rings (SSSR count). The smallest absolute Gasteiger partial charge is 0.313 e. The molecule has 0 aliphatic carbocycles. The first kappa shape index (κ1) is 15.7. The van der Waals surface area contributed by atoms with Gasteiger partial charge in [0.15, 0.2) is 0 Å². The Hall–Kier alpha value is -2.31. The molecule has 0 bridgehead atoms. The van der Waals surface area contributed by atoms with Crippen molar-refractivity contribution in [2.24, 2.45) is 7.05 Å². The van der Waals surface area contributed by atoms with Gasteiger partial charge in [0.25, 0.3) is 0 Å². The molecule has 0 radical (unpaired) electrons. The van der Waals surface area contributed by atoms with E-state index < -0.39 is 11.9 Å². The second-order valence-corrected chi connectivity index (χ2v) is 4.06. The number of nitrogens with one attached hydrogen (secondary N) is 1. The fourth-order valence-corrected chi connectivity index (χ4v) is 1.33. The predicted molar refractivity (Wildman–Crippen MR) is 72.4 cm³/mol. The van der Waals surface area contributed by atoms with E-state index in [-0.39, 0.29) is 18.8 Å². The Balaban J connectivity index is 2.80. The number of aromatic nitrogens is 2. The zero-order valence-corrected chi connectivity index (χ0v) is 12.1. The molecule has 1 aromatic heterocycles. The van der Waals surface area contributed by atoms with Gasteiger partial charge >= 0.3 is 17.9 Å². The predicted octanol–water partition coefficient (Wildman–Crippen LogP) is 1.85. The van der Waals surface area contributed by atoms with Gasteiger partial charge in [0, 0.05) is 26.0 Å². The van der Waals surface area contributed by atoms with Crippen LogP contribution in [-0.2, 0) is 26.1 Å². The Morgan fingerprint density at radius 2 is 1.85 bits per heavy atom. The van der Waals surface area contributed by atoms with E-state index >= 15 is 0 Å². The summed E-state index contributed by atoms with van der Waals surface area (Å²) in [6, 6.07) is 1.80. The lowest BCUT2D eigenvalue weighted by atomic mass is 10.5. The second-order valence-electron chi connectivity index (χ2n) is 4.06. The van der Waals surface area contributed by atoms with Crippen molar-refractivity contribution in [2.75, 3.05) is 5.32 Å². The number of ether oxygens (including phenoxy) is 2. The minimum absolute atomic E-state index is 0.178. The van der Waals surface area contributed by atoms with Gasteiger partial charge in [-0.15, -0.1) is 0 Å². The van der Waals surface area contributed by atoms with Gasteiger partial charge in [-0.2, -0.15) is 5.10 Å². The zero-order chi connectivity index (χ0) is 15.1. The first-order valence-electron chi connectivity index (χ1n) is 6.35. The summed E-state index contributed by atoms with van der Waals surface area (Å²) >= 11 is 0. The highest BCUT2D eigenvalue weighted by atomic mass is 16.7. The number of carbonyl (C=O) groups is 2. The first-order chi connectivity index (χ1) is 9.46. The maximum absolute atomic E-state index is 11.3. The first-order valence-corrected chi connectivity index (χ1v) is 6.35. The van der Waals surface area contributed by atoms with Gasteiger partial charge in [0.05, 0.1) is 11.9 Å². The average Bonchev–Trinajstić information content (AvgIpc) is 2.73. The van der Waals surface area contributed by atoms with Crippen LogP contribution in [0.5, 0.6) is 0 Å². The molecule has 7 heteroatoms. The molecule has 0 amide bonds. The third kappa shape index (κ3) is 4.75. The lowest BCUT2D eigenvalue weighted by Gasteiger charge is -2.08. The van der Waals surface area contributed by atoms with Crippen LogP contribution in [0, 0.1) is 6.92 Å². The molecular weight excluding hydrogens is 262 g/mol. The Bertz CT molecular complexity index is 500. The molecule has 20 heavy (non-hydrogen) atoms. The van der Waals surface area contributed by atoms with Crippen LogP contribution >= 0.6 is 0 Å². The molecule has 0 aromatic carbocycles. The number of hydrogen-bond acceptors (Lipinski definition) is 6. The van der Waals surface area contributed by atoms with Crippen LogP contribution in [0.2, 0.25) is 0 Å². The third-order valence-corrected chi connectivity index (χ3v) is 2.35. The number of rotatable bonds is 6. The average molecular weight is 281 g/mol. The van der Waals surface area contributed by atoms with E-state index in [1.54, 1.807) is 31.6 Å². The molecule has 0 saturated carbocycles. The number of nitrogens with zero attached hydrogens (tertiary/aromatic N) is 2. The van der Waals surface area contributed by atoms with E-state index in [9.17, 15) is 9.59 Å². The fraction of sp³-hybridized carbons (Fsp3) is 0.462. The van der Waals surface area contributed by atoms with Crippen molar-refractivity contribution in [1.29, 1.82) is 0 Å². The van der Waals surface area contributed by atoms with E-state index in [1.165, 1.54) is 6.20 Å². The van der Waals surface area contributed by atoms with Crippen molar-refractivity contribution < 1.29 is 19.1 Å². The molecule has 7 nitrogen and oxygen atoms in total. The van der Waals surface area contributed by atoms with Crippen molar-refractivity contribution in [1.82, 2.24) is 9.78 Å². The van der Waals surface area contributed by atoms with Gasteiger partial charge in [0.1, 0.15) is 5.82 Å². The van der Waals surface area contributed by atoms with E-state index in [2.05, 4.69) is 10.4 Å². The maximum atomic E-state index is 11.3. The Morgan fingerprint density at radius 1 is 1.30 bits per heavy atom. The van der Waals surface area contributed by atoms with Gasteiger partial charge in [0.2, 0.25) is 0 Å². The largest absolute Gasteiger partial charge is 0.391 e. The quantitative estimate of drug-likeness (QED) is 0.633. The molecule has 0 fully saturated rings. The molecule has 0 atom stereocenters. The molecule has 0 unspecified atom stereocenters. The van der Waals surface area contributed by atoms with Gasteiger partial charge < -0.3 is 14.8 Å². The van der Waals surface area contributed by atoms with Crippen molar-refractivity contribution in [3.05, 3.63) is 23.9 Å². The molecule has 110 valence electrons. The molecule has 1 aromatic rings. The van der Waals surface area contributed by atoms with Crippen LogP contribution in [0.15, 0.2) is 18.2 Å². The molecule has 1 heterocycles. The van der Waals surface area contributed by atoms with Crippen LogP contribution in [0.25, 0.3) is 0 Å². The molecule has 0 spiro atoms. The molecule has 0 saturated heterocycles. The monoisotopic (exact) mass is 281 g/mol. The summed E-state index contributed by atoms with van der Waals surface area (Å²) < 4.78 is 11.5. The van der Waals surface area contributed by atoms with E-state index in [0.717, 1.165) is 5.69 Å². The van der Waals surface area contributed by atoms with Crippen LogP contribution in [0.1, 0.15) is 32.4 Å². The second kappa shape index (κ2) is 7.32. The van der Waals surface area contributed by atoms with E-state index in [0.29, 0.717) is 5.82 Å². The van der Waals surface area contributed by atoms with Crippen LogP contribution in [0.3, 0.4) is 0 Å². The number of aryl methyl sites for hydroxylation is 2. The highest BCUT2D eigenvalue weighted by Gasteiger charge is 2.11. The lowest BCUT2D eigenvalue weighted by molar-refractivity contribution is -0.153. The summed E-state index contributed by atoms with van der Waals surface area (Å²) in [4.78, 5) is 22.5. The molecular formula is C13H19N3O4. The standard InChI is InChI=1S/C13H19N3O4/c1-5-11(17)19-13(20-12(18)6-2)8-14-10-7-9(3)15-16(10)4/h7-8,14H,5-6H2,1-4H3. The fourth-order valence-electron chi connectivity index (χ4n) is 1.33. The summed E-state index contributed by atoms with van der Waals surface area (Å²) in [6.45, 7) is 5.16. The normalized spacial score (nSPS) is 9.80. The molecule has 1 N–H and O–H groups in total. The number of carbonyl (C=O) groups excluding carboxylic acids is 2. The van der Waals surface area contributed by atoms with Crippen molar-refractivity contribution in [3.63, 3.8) is 0 Å². The number of anilines is 1. The topological polar surface area (TPSA) is 82.4 Å². The molecule has 0 aliphatic rings. The summed E-state index contributed by atoms with van der Waals surface area (Å²) in [5.74, 6) is -0.464. The Kier molecular flexibility index (Phi) is 5.76. The van der Waals surface area contributed by atoms with Gasteiger partial charge in [-0.05, 0) is 6.92 Å². The van der Waals surface area contributed by atoms with Crippen molar-refractivity contribution in [3.8, 4) is 0 Å². The van der Waals surface area contributed by atoms with Gasteiger partial charge in [-0.3, -0.25) is 14.3 Å². The lowest BCUT2D eigenvalue weighted by Crippen LogP contribution is -2.11. The van der Waals surface area contributed by atoms with Gasteiger partial charge in [-0.1, -0.05) is 13.8 Å². The van der Waals surface area contributed by atoms with Gasteiger partial charge in [-0.25, -0.2) is 0 Å². The van der Waals surface area contributed by atoms with Crippen LogP contribution in [0.4, 0.5) is 5.82 Å². The van der Waals surface area contributed by atoms with Crippen molar-refractivity contribution >= 4 is 17.8 Å². The summed E-state index contributed by atoms with van der Waals surface area (Å²) in [6.07, 6.45) is 1.69.